The number of carbonyl (C=O) groups excluding carboxylic acids is 1. The summed E-state index contributed by atoms with van der Waals surface area (Å²) in [5.41, 5.74) is 5.17. The first-order chi connectivity index (χ1) is 8.54. The number of hydrogen-bond acceptors (Lipinski definition) is 3. The van der Waals surface area contributed by atoms with Gasteiger partial charge in [-0.1, -0.05) is 26.3 Å². The van der Waals surface area contributed by atoms with Gasteiger partial charge in [-0.2, -0.15) is 0 Å². The fourth-order valence-electron chi connectivity index (χ4n) is 2.97. The molecule has 1 fully saturated rings. The predicted octanol–water partition coefficient (Wildman–Crippen LogP) is 2.52. The van der Waals surface area contributed by atoms with Gasteiger partial charge in [-0.05, 0) is 36.1 Å². The molecule has 1 heterocycles. The standard InChI is InChI=1S/C14H22N2OS/c1-10-5-6-11(2)14(8-10,13(15)17)16-9-12-4-3-7-18-12/h3-4,7,10-11,16H,5-6,8-9H2,1-2H3,(H2,15,17). The van der Waals surface area contributed by atoms with Gasteiger partial charge in [-0.3, -0.25) is 10.1 Å². The third kappa shape index (κ3) is 2.59. The highest BCUT2D eigenvalue weighted by atomic mass is 32.1. The number of nitrogens with two attached hydrogens (primary N) is 1. The highest BCUT2D eigenvalue weighted by molar-refractivity contribution is 7.09. The molecule has 3 N–H and O–H groups in total. The summed E-state index contributed by atoms with van der Waals surface area (Å²) in [5.74, 6) is 0.675. The number of primary amides is 1. The van der Waals surface area contributed by atoms with Crippen molar-refractivity contribution in [2.75, 3.05) is 0 Å². The molecule has 0 spiro atoms. The van der Waals surface area contributed by atoms with E-state index in [0.29, 0.717) is 11.8 Å². The lowest BCUT2D eigenvalue weighted by atomic mass is 9.69. The molecule has 0 radical (unpaired) electrons. The predicted molar refractivity (Wildman–Crippen MR) is 75.3 cm³/mol. The van der Waals surface area contributed by atoms with Gasteiger partial charge in [-0.15, -0.1) is 11.3 Å². The summed E-state index contributed by atoms with van der Waals surface area (Å²) >= 11 is 1.71. The van der Waals surface area contributed by atoms with Crippen LogP contribution < -0.4 is 11.1 Å². The Hall–Kier alpha value is -0.870. The molecule has 0 aliphatic heterocycles. The second kappa shape index (κ2) is 5.41. The summed E-state index contributed by atoms with van der Waals surface area (Å²) in [5, 5.41) is 5.51. The molecule has 0 bridgehead atoms. The zero-order valence-electron chi connectivity index (χ0n) is 11.1. The maximum atomic E-state index is 12.0. The van der Waals surface area contributed by atoms with Gasteiger partial charge in [0, 0.05) is 11.4 Å². The van der Waals surface area contributed by atoms with Crippen molar-refractivity contribution in [3.8, 4) is 0 Å². The van der Waals surface area contributed by atoms with Crippen molar-refractivity contribution in [2.24, 2.45) is 17.6 Å². The normalized spacial score (nSPS) is 32.3. The molecule has 100 valence electrons. The van der Waals surface area contributed by atoms with E-state index in [1.807, 2.05) is 6.07 Å². The molecule has 3 nitrogen and oxygen atoms in total. The maximum Gasteiger partial charge on any atom is 0.238 e. The molecule has 4 heteroatoms. The van der Waals surface area contributed by atoms with E-state index in [0.717, 1.165) is 19.4 Å². The molecule has 1 aliphatic rings. The van der Waals surface area contributed by atoms with Crippen LogP contribution in [0.25, 0.3) is 0 Å². The van der Waals surface area contributed by atoms with E-state index in [1.54, 1.807) is 11.3 Å². The lowest BCUT2D eigenvalue weighted by molar-refractivity contribution is -0.128. The third-order valence-electron chi connectivity index (χ3n) is 4.20. The minimum Gasteiger partial charge on any atom is -0.368 e. The van der Waals surface area contributed by atoms with Crippen molar-refractivity contribution >= 4 is 17.2 Å². The smallest absolute Gasteiger partial charge is 0.238 e. The summed E-state index contributed by atoms with van der Waals surface area (Å²) in [4.78, 5) is 13.2. The lowest BCUT2D eigenvalue weighted by Crippen LogP contribution is -2.61. The molecule has 3 unspecified atom stereocenters. The van der Waals surface area contributed by atoms with Gasteiger partial charge in [0.05, 0.1) is 0 Å². The topological polar surface area (TPSA) is 55.1 Å². The van der Waals surface area contributed by atoms with Crippen LogP contribution in [-0.4, -0.2) is 11.4 Å². The van der Waals surface area contributed by atoms with Gasteiger partial charge in [0.1, 0.15) is 5.54 Å². The van der Waals surface area contributed by atoms with Gasteiger partial charge in [0.15, 0.2) is 0 Å². The monoisotopic (exact) mass is 266 g/mol. The fraction of sp³-hybridized carbons (Fsp3) is 0.643. The Morgan fingerprint density at radius 3 is 2.94 bits per heavy atom. The van der Waals surface area contributed by atoms with Crippen molar-refractivity contribution in [1.29, 1.82) is 0 Å². The van der Waals surface area contributed by atoms with Crippen LogP contribution in [0.5, 0.6) is 0 Å². The quantitative estimate of drug-likeness (QED) is 0.880. The molecule has 0 aromatic carbocycles. The van der Waals surface area contributed by atoms with Gasteiger partial charge in [0.25, 0.3) is 0 Å². The van der Waals surface area contributed by atoms with Crippen LogP contribution in [0.1, 0.15) is 38.0 Å². The minimum absolute atomic E-state index is 0.196. The van der Waals surface area contributed by atoms with Crippen LogP contribution in [0, 0.1) is 11.8 Å². The summed E-state index contributed by atoms with van der Waals surface area (Å²) in [6, 6.07) is 4.12. The molecule has 1 amide bonds. The number of hydrogen-bond donors (Lipinski definition) is 2. The van der Waals surface area contributed by atoms with Crippen LogP contribution in [0.15, 0.2) is 17.5 Å². The van der Waals surface area contributed by atoms with Crippen LogP contribution in [0.2, 0.25) is 0 Å². The van der Waals surface area contributed by atoms with E-state index in [4.69, 9.17) is 5.73 Å². The second-order valence-electron chi connectivity index (χ2n) is 5.56. The first-order valence-corrected chi connectivity index (χ1v) is 7.50. The van der Waals surface area contributed by atoms with Crippen molar-refractivity contribution in [1.82, 2.24) is 5.32 Å². The Balaban J connectivity index is 2.12. The lowest BCUT2D eigenvalue weighted by Gasteiger charge is -2.43. The van der Waals surface area contributed by atoms with Crippen molar-refractivity contribution in [3.63, 3.8) is 0 Å². The Kier molecular flexibility index (Phi) is 4.07. The average molecular weight is 266 g/mol. The number of carbonyl (C=O) groups is 1. The molecule has 2 rings (SSSR count). The number of rotatable bonds is 4. The molecule has 1 aromatic rings. The van der Waals surface area contributed by atoms with E-state index in [-0.39, 0.29) is 5.91 Å². The van der Waals surface area contributed by atoms with Crippen molar-refractivity contribution in [3.05, 3.63) is 22.4 Å². The summed E-state index contributed by atoms with van der Waals surface area (Å²) in [7, 11) is 0. The van der Waals surface area contributed by atoms with Gasteiger partial charge >= 0.3 is 0 Å². The Bertz CT molecular complexity index is 404. The third-order valence-corrected chi connectivity index (χ3v) is 5.08. The van der Waals surface area contributed by atoms with E-state index in [2.05, 4.69) is 30.6 Å². The van der Waals surface area contributed by atoms with Crippen LogP contribution in [0.4, 0.5) is 0 Å². The van der Waals surface area contributed by atoms with Crippen molar-refractivity contribution < 1.29 is 4.79 Å². The number of nitrogens with one attached hydrogen (secondary N) is 1. The van der Waals surface area contributed by atoms with E-state index < -0.39 is 5.54 Å². The van der Waals surface area contributed by atoms with E-state index >= 15 is 0 Å². The van der Waals surface area contributed by atoms with E-state index in [1.165, 1.54) is 11.3 Å². The minimum atomic E-state index is -0.526. The van der Waals surface area contributed by atoms with Gasteiger partial charge in [0.2, 0.25) is 5.91 Å². The first-order valence-electron chi connectivity index (χ1n) is 6.62. The summed E-state index contributed by atoms with van der Waals surface area (Å²) in [6.07, 6.45) is 3.12. The van der Waals surface area contributed by atoms with Crippen LogP contribution >= 0.6 is 11.3 Å². The molecular formula is C14H22N2OS. The Labute approximate surface area is 113 Å². The summed E-state index contributed by atoms with van der Waals surface area (Å²) < 4.78 is 0. The van der Waals surface area contributed by atoms with Crippen molar-refractivity contribution in [2.45, 2.75) is 45.2 Å². The fourth-order valence-corrected chi connectivity index (χ4v) is 3.61. The average Bonchev–Trinajstić information content (AvgIpc) is 2.83. The Morgan fingerprint density at radius 1 is 1.56 bits per heavy atom. The highest BCUT2D eigenvalue weighted by Crippen LogP contribution is 2.37. The molecule has 1 aromatic heterocycles. The van der Waals surface area contributed by atoms with Gasteiger partial charge in [-0.25, -0.2) is 0 Å². The number of amides is 1. The summed E-state index contributed by atoms with van der Waals surface area (Å²) in [6.45, 7) is 5.08. The molecule has 3 atom stereocenters. The van der Waals surface area contributed by atoms with Crippen LogP contribution in [-0.2, 0) is 11.3 Å². The van der Waals surface area contributed by atoms with Gasteiger partial charge < -0.3 is 5.73 Å². The first kappa shape index (κ1) is 13.6. The highest BCUT2D eigenvalue weighted by Gasteiger charge is 2.45. The molecular weight excluding hydrogens is 244 g/mol. The maximum absolute atomic E-state index is 12.0. The SMILES string of the molecule is CC1CCC(C)C(NCc2cccs2)(C(N)=O)C1. The zero-order chi connectivity index (χ0) is 13.2. The molecule has 18 heavy (non-hydrogen) atoms. The second-order valence-corrected chi connectivity index (χ2v) is 6.59. The van der Waals surface area contributed by atoms with Crippen LogP contribution in [0.3, 0.4) is 0 Å². The largest absolute Gasteiger partial charge is 0.368 e. The van der Waals surface area contributed by atoms with E-state index in [9.17, 15) is 4.79 Å². The molecule has 1 aliphatic carbocycles. The Morgan fingerprint density at radius 2 is 2.33 bits per heavy atom. The number of thiophene rings is 1. The zero-order valence-corrected chi connectivity index (χ0v) is 11.9. The molecule has 0 saturated heterocycles. The molecule has 1 saturated carbocycles.